The summed E-state index contributed by atoms with van der Waals surface area (Å²) in [6.07, 6.45) is 1.53. The van der Waals surface area contributed by atoms with Crippen LogP contribution in [0.15, 0.2) is 54.1 Å². The maximum absolute atomic E-state index is 12.1. The standard InChI is InChI=1S/C17H13ClN2O/c1-12-4-2-3-5-16(12)20-17(21)14(11-19)10-13-6-8-15(18)9-7-13/h2-10H,1H3,(H,20,21)/b14-10-. The minimum atomic E-state index is -0.429. The second kappa shape index (κ2) is 6.74. The van der Waals surface area contributed by atoms with Crippen LogP contribution in [0.1, 0.15) is 11.1 Å². The number of hydrogen-bond acceptors (Lipinski definition) is 2. The van der Waals surface area contributed by atoms with Gasteiger partial charge in [0.25, 0.3) is 5.91 Å². The van der Waals surface area contributed by atoms with Gasteiger partial charge in [0.1, 0.15) is 11.6 Å². The van der Waals surface area contributed by atoms with E-state index in [1.165, 1.54) is 6.08 Å². The van der Waals surface area contributed by atoms with Gasteiger partial charge < -0.3 is 5.32 Å². The predicted octanol–water partition coefficient (Wildman–Crippen LogP) is 4.19. The van der Waals surface area contributed by atoms with Crippen LogP contribution in [0.4, 0.5) is 5.69 Å². The van der Waals surface area contributed by atoms with Crippen molar-refractivity contribution in [1.29, 1.82) is 5.26 Å². The molecule has 104 valence electrons. The normalized spacial score (nSPS) is 10.8. The molecule has 0 aliphatic heterocycles. The van der Waals surface area contributed by atoms with Crippen molar-refractivity contribution in [3.63, 3.8) is 0 Å². The highest BCUT2D eigenvalue weighted by atomic mass is 35.5. The van der Waals surface area contributed by atoms with Gasteiger partial charge in [0.2, 0.25) is 0 Å². The van der Waals surface area contributed by atoms with Crippen LogP contribution in [-0.4, -0.2) is 5.91 Å². The zero-order valence-corrected chi connectivity index (χ0v) is 12.2. The lowest BCUT2D eigenvalue weighted by Crippen LogP contribution is -2.14. The Hall–Kier alpha value is -2.57. The van der Waals surface area contributed by atoms with Crippen molar-refractivity contribution in [2.24, 2.45) is 0 Å². The van der Waals surface area contributed by atoms with E-state index in [1.54, 1.807) is 30.3 Å². The minimum Gasteiger partial charge on any atom is -0.321 e. The summed E-state index contributed by atoms with van der Waals surface area (Å²) in [5.74, 6) is -0.429. The topological polar surface area (TPSA) is 52.9 Å². The summed E-state index contributed by atoms with van der Waals surface area (Å²) in [5.41, 5.74) is 2.42. The van der Waals surface area contributed by atoms with E-state index >= 15 is 0 Å². The number of nitrogens with one attached hydrogen (secondary N) is 1. The second-order valence-electron chi connectivity index (χ2n) is 4.49. The Kier molecular flexibility index (Phi) is 4.76. The Morgan fingerprint density at radius 3 is 2.48 bits per heavy atom. The Balaban J connectivity index is 2.21. The Morgan fingerprint density at radius 2 is 1.86 bits per heavy atom. The smallest absolute Gasteiger partial charge is 0.266 e. The third-order valence-electron chi connectivity index (χ3n) is 2.94. The number of carbonyl (C=O) groups excluding carboxylic acids is 1. The number of anilines is 1. The molecule has 0 heterocycles. The number of rotatable bonds is 3. The van der Waals surface area contributed by atoms with E-state index < -0.39 is 5.91 Å². The number of para-hydroxylation sites is 1. The summed E-state index contributed by atoms with van der Waals surface area (Å²) in [4.78, 5) is 12.1. The minimum absolute atomic E-state index is 0.0422. The summed E-state index contributed by atoms with van der Waals surface area (Å²) < 4.78 is 0. The fourth-order valence-corrected chi connectivity index (χ4v) is 1.90. The van der Waals surface area contributed by atoms with Gasteiger partial charge in [0.05, 0.1) is 0 Å². The van der Waals surface area contributed by atoms with Gasteiger partial charge in [0, 0.05) is 10.7 Å². The molecule has 0 bridgehead atoms. The molecule has 2 rings (SSSR count). The first-order chi connectivity index (χ1) is 10.1. The van der Waals surface area contributed by atoms with Crippen molar-refractivity contribution in [3.8, 4) is 6.07 Å². The van der Waals surface area contributed by atoms with Crippen molar-refractivity contribution in [2.45, 2.75) is 6.92 Å². The number of nitrogens with zero attached hydrogens (tertiary/aromatic N) is 1. The van der Waals surface area contributed by atoms with Gasteiger partial charge in [-0.1, -0.05) is 41.9 Å². The first-order valence-corrected chi connectivity index (χ1v) is 6.72. The fourth-order valence-electron chi connectivity index (χ4n) is 1.78. The van der Waals surface area contributed by atoms with Crippen LogP contribution in [0.3, 0.4) is 0 Å². The number of nitriles is 1. The Morgan fingerprint density at radius 1 is 1.19 bits per heavy atom. The zero-order valence-electron chi connectivity index (χ0n) is 11.4. The molecule has 0 aliphatic carbocycles. The van der Waals surface area contributed by atoms with Crippen LogP contribution in [-0.2, 0) is 4.79 Å². The highest BCUT2D eigenvalue weighted by Gasteiger charge is 2.10. The van der Waals surface area contributed by atoms with Gasteiger partial charge in [-0.2, -0.15) is 5.26 Å². The monoisotopic (exact) mass is 296 g/mol. The number of amides is 1. The Labute approximate surface area is 128 Å². The van der Waals surface area contributed by atoms with Crippen molar-refractivity contribution >= 4 is 29.3 Å². The van der Waals surface area contributed by atoms with Crippen molar-refractivity contribution in [2.75, 3.05) is 5.32 Å². The second-order valence-corrected chi connectivity index (χ2v) is 4.93. The average Bonchev–Trinajstić information content (AvgIpc) is 2.49. The molecule has 0 saturated heterocycles. The predicted molar refractivity (Wildman–Crippen MR) is 84.9 cm³/mol. The van der Waals surface area contributed by atoms with Gasteiger partial charge in [-0.25, -0.2) is 0 Å². The molecule has 21 heavy (non-hydrogen) atoms. The van der Waals surface area contributed by atoms with E-state index in [4.69, 9.17) is 16.9 Å². The molecule has 0 spiro atoms. The maximum atomic E-state index is 12.1. The third-order valence-corrected chi connectivity index (χ3v) is 3.19. The lowest BCUT2D eigenvalue weighted by Gasteiger charge is -2.07. The lowest BCUT2D eigenvalue weighted by atomic mass is 10.1. The summed E-state index contributed by atoms with van der Waals surface area (Å²) in [7, 11) is 0. The molecular weight excluding hydrogens is 284 g/mol. The van der Waals surface area contributed by atoms with Gasteiger partial charge in [-0.3, -0.25) is 4.79 Å². The molecule has 0 radical (unpaired) electrons. The van der Waals surface area contributed by atoms with Gasteiger partial charge in [-0.15, -0.1) is 0 Å². The molecule has 0 unspecified atom stereocenters. The molecule has 0 fully saturated rings. The molecule has 2 aromatic carbocycles. The zero-order chi connectivity index (χ0) is 15.2. The Bertz CT molecular complexity index is 727. The van der Waals surface area contributed by atoms with Crippen LogP contribution in [0, 0.1) is 18.3 Å². The van der Waals surface area contributed by atoms with E-state index in [1.807, 2.05) is 31.2 Å². The summed E-state index contributed by atoms with van der Waals surface area (Å²) >= 11 is 5.80. The number of aryl methyl sites for hydroxylation is 1. The summed E-state index contributed by atoms with van der Waals surface area (Å²) in [5, 5.41) is 12.5. The first kappa shape index (κ1) is 14.8. The van der Waals surface area contributed by atoms with Gasteiger partial charge >= 0.3 is 0 Å². The summed E-state index contributed by atoms with van der Waals surface area (Å²) in [6.45, 7) is 1.89. The molecule has 1 N–H and O–H groups in total. The number of halogens is 1. The molecular formula is C17H13ClN2O. The van der Waals surface area contributed by atoms with Crippen molar-refractivity contribution in [1.82, 2.24) is 0 Å². The van der Waals surface area contributed by atoms with Gasteiger partial charge in [0.15, 0.2) is 0 Å². The molecule has 3 nitrogen and oxygen atoms in total. The van der Waals surface area contributed by atoms with E-state index in [0.717, 1.165) is 11.1 Å². The quantitative estimate of drug-likeness (QED) is 0.682. The lowest BCUT2D eigenvalue weighted by molar-refractivity contribution is -0.112. The van der Waals surface area contributed by atoms with Gasteiger partial charge in [-0.05, 0) is 42.3 Å². The molecule has 0 atom stereocenters. The fraction of sp³-hybridized carbons (Fsp3) is 0.0588. The van der Waals surface area contributed by atoms with Crippen LogP contribution < -0.4 is 5.32 Å². The third kappa shape index (κ3) is 3.95. The largest absolute Gasteiger partial charge is 0.321 e. The average molecular weight is 297 g/mol. The van der Waals surface area contributed by atoms with E-state index in [2.05, 4.69) is 5.32 Å². The maximum Gasteiger partial charge on any atom is 0.266 e. The highest BCUT2D eigenvalue weighted by Crippen LogP contribution is 2.16. The van der Waals surface area contributed by atoms with Crippen LogP contribution in [0.5, 0.6) is 0 Å². The molecule has 2 aromatic rings. The first-order valence-electron chi connectivity index (χ1n) is 6.34. The summed E-state index contributed by atoms with van der Waals surface area (Å²) in [6, 6.07) is 16.3. The number of hydrogen-bond donors (Lipinski definition) is 1. The SMILES string of the molecule is Cc1ccccc1NC(=O)/C(C#N)=C\c1ccc(Cl)cc1. The number of carbonyl (C=O) groups is 1. The van der Waals surface area contributed by atoms with Crippen LogP contribution in [0.2, 0.25) is 5.02 Å². The van der Waals surface area contributed by atoms with E-state index in [-0.39, 0.29) is 5.57 Å². The molecule has 0 aromatic heterocycles. The van der Waals surface area contributed by atoms with Crippen LogP contribution >= 0.6 is 11.6 Å². The van der Waals surface area contributed by atoms with E-state index in [0.29, 0.717) is 10.7 Å². The van der Waals surface area contributed by atoms with E-state index in [9.17, 15) is 4.79 Å². The molecule has 0 saturated carbocycles. The molecule has 1 amide bonds. The van der Waals surface area contributed by atoms with Crippen molar-refractivity contribution in [3.05, 3.63) is 70.3 Å². The molecule has 0 aliphatic rings. The highest BCUT2D eigenvalue weighted by molar-refractivity contribution is 6.30. The van der Waals surface area contributed by atoms with Crippen molar-refractivity contribution < 1.29 is 4.79 Å². The molecule has 4 heteroatoms. The van der Waals surface area contributed by atoms with Crippen LogP contribution in [0.25, 0.3) is 6.08 Å². The number of benzene rings is 2.